The molecule has 1 aromatic rings. The van der Waals surface area contributed by atoms with Crippen molar-refractivity contribution in [3.63, 3.8) is 0 Å². The van der Waals surface area contributed by atoms with Gasteiger partial charge in [0.2, 0.25) is 5.91 Å². The van der Waals surface area contributed by atoms with Crippen LogP contribution in [0.5, 0.6) is 0 Å². The van der Waals surface area contributed by atoms with Crippen molar-refractivity contribution in [3.8, 4) is 0 Å². The number of nitrogens with zero attached hydrogens (tertiary/aromatic N) is 2. The molecule has 0 bridgehead atoms. The number of nitro benzene ring substituents is 1. The summed E-state index contributed by atoms with van der Waals surface area (Å²) in [6.45, 7) is 1.63. The van der Waals surface area contributed by atoms with Crippen LogP contribution < -0.4 is 11.1 Å². The monoisotopic (exact) mass is 252 g/mol. The Morgan fingerprint density at radius 2 is 2.11 bits per heavy atom. The number of benzene rings is 1. The molecule has 1 unspecified atom stereocenters. The molecule has 0 aliphatic rings. The van der Waals surface area contributed by atoms with Gasteiger partial charge in [-0.05, 0) is 19.1 Å². The Bertz CT molecular complexity index is 473. The largest absolute Gasteiger partial charge is 0.393 e. The van der Waals surface area contributed by atoms with Gasteiger partial charge in [-0.15, -0.1) is 0 Å². The summed E-state index contributed by atoms with van der Waals surface area (Å²) < 4.78 is 0. The number of nitrogens with two attached hydrogens (primary N) is 1. The molecule has 1 amide bonds. The van der Waals surface area contributed by atoms with Crippen molar-refractivity contribution in [3.05, 3.63) is 28.3 Å². The minimum absolute atomic E-state index is 0.0644. The van der Waals surface area contributed by atoms with E-state index < -0.39 is 11.0 Å². The number of carbonyl (C=O) groups excluding carboxylic acids is 1. The van der Waals surface area contributed by atoms with Crippen LogP contribution in [0.15, 0.2) is 18.2 Å². The second kappa shape index (κ2) is 5.35. The molecule has 0 aliphatic heterocycles. The van der Waals surface area contributed by atoms with Crippen LogP contribution in [0.1, 0.15) is 6.92 Å². The third kappa shape index (κ3) is 2.88. The molecule has 0 heterocycles. The second-order valence-corrected chi connectivity index (χ2v) is 4.10. The number of anilines is 2. The van der Waals surface area contributed by atoms with Gasteiger partial charge in [0.1, 0.15) is 17.4 Å². The van der Waals surface area contributed by atoms with Gasteiger partial charge in [-0.25, -0.2) is 0 Å². The SMILES string of the molecule is CC(Nc1cccc(N)c1[N+](=O)[O-])C(=O)N(C)C. The number of nitro groups is 1. The molecule has 3 N–H and O–H groups in total. The highest BCUT2D eigenvalue weighted by atomic mass is 16.6. The fourth-order valence-electron chi connectivity index (χ4n) is 1.56. The van der Waals surface area contributed by atoms with Gasteiger partial charge in [0.15, 0.2) is 0 Å². The van der Waals surface area contributed by atoms with Gasteiger partial charge in [0.05, 0.1) is 4.92 Å². The van der Waals surface area contributed by atoms with Gasteiger partial charge in [-0.3, -0.25) is 14.9 Å². The van der Waals surface area contributed by atoms with E-state index >= 15 is 0 Å². The smallest absolute Gasteiger partial charge is 0.314 e. The van der Waals surface area contributed by atoms with E-state index in [1.807, 2.05) is 0 Å². The number of hydrogen-bond donors (Lipinski definition) is 2. The van der Waals surface area contributed by atoms with E-state index in [-0.39, 0.29) is 23.0 Å². The molecule has 1 atom stereocenters. The van der Waals surface area contributed by atoms with E-state index in [4.69, 9.17) is 5.73 Å². The lowest BCUT2D eigenvalue weighted by atomic mass is 10.2. The molecule has 0 fully saturated rings. The Balaban J connectivity index is 3.01. The maximum Gasteiger partial charge on any atom is 0.314 e. The van der Waals surface area contributed by atoms with E-state index in [0.717, 1.165) is 0 Å². The normalized spacial score (nSPS) is 11.7. The summed E-state index contributed by atoms with van der Waals surface area (Å²) in [5, 5.41) is 13.7. The molecule has 1 aromatic carbocycles. The topological polar surface area (TPSA) is 101 Å². The second-order valence-electron chi connectivity index (χ2n) is 4.10. The quantitative estimate of drug-likeness (QED) is 0.474. The number of carbonyl (C=O) groups is 1. The summed E-state index contributed by atoms with van der Waals surface area (Å²) in [6, 6.07) is 3.99. The Labute approximate surface area is 105 Å². The highest BCUT2D eigenvalue weighted by Crippen LogP contribution is 2.30. The van der Waals surface area contributed by atoms with E-state index in [0.29, 0.717) is 0 Å². The minimum Gasteiger partial charge on any atom is -0.393 e. The summed E-state index contributed by atoms with van der Waals surface area (Å²) in [7, 11) is 3.24. The minimum atomic E-state index is -0.569. The van der Waals surface area contributed by atoms with E-state index in [1.54, 1.807) is 27.1 Å². The van der Waals surface area contributed by atoms with Crippen molar-refractivity contribution in [2.24, 2.45) is 0 Å². The summed E-state index contributed by atoms with van der Waals surface area (Å²) in [4.78, 5) is 23.4. The number of likely N-dealkylation sites (N-methyl/N-ethyl adjacent to an activating group) is 1. The Morgan fingerprint density at radius 1 is 1.50 bits per heavy atom. The number of nitrogens with one attached hydrogen (secondary N) is 1. The van der Waals surface area contributed by atoms with Gasteiger partial charge in [0.25, 0.3) is 0 Å². The van der Waals surface area contributed by atoms with Gasteiger partial charge in [-0.1, -0.05) is 6.07 Å². The van der Waals surface area contributed by atoms with Crippen LogP contribution in [0.2, 0.25) is 0 Å². The van der Waals surface area contributed by atoms with Crippen LogP contribution in [0, 0.1) is 10.1 Å². The molecular weight excluding hydrogens is 236 g/mol. The van der Waals surface area contributed by atoms with E-state index in [2.05, 4.69) is 5.32 Å². The molecule has 0 saturated heterocycles. The number of para-hydroxylation sites is 1. The van der Waals surface area contributed by atoms with Crippen molar-refractivity contribution in [2.45, 2.75) is 13.0 Å². The molecule has 0 aromatic heterocycles. The van der Waals surface area contributed by atoms with Crippen LogP contribution in [0.4, 0.5) is 17.1 Å². The summed E-state index contributed by atoms with van der Waals surface area (Å²) in [6.07, 6.45) is 0. The van der Waals surface area contributed by atoms with Crippen LogP contribution in [-0.4, -0.2) is 35.9 Å². The molecule has 1 rings (SSSR count). The molecule has 0 radical (unpaired) electrons. The molecule has 18 heavy (non-hydrogen) atoms. The first-order valence-corrected chi connectivity index (χ1v) is 5.35. The fraction of sp³-hybridized carbons (Fsp3) is 0.364. The summed E-state index contributed by atoms with van der Waals surface area (Å²) >= 11 is 0. The average molecular weight is 252 g/mol. The van der Waals surface area contributed by atoms with Crippen molar-refractivity contribution in [2.75, 3.05) is 25.1 Å². The molecule has 0 spiro atoms. The van der Waals surface area contributed by atoms with Crippen molar-refractivity contribution >= 4 is 23.0 Å². The predicted octanol–water partition coefficient (Wildman–Crippen LogP) is 1.07. The zero-order valence-electron chi connectivity index (χ0n) is 10.5. The lowest BCUT2D eigenvalue weighted by Crippen LogP contribution is -2.36. The Kier molecular flexibility index (Phi) is 4.09. The zero-order chi connectivity index (χ0) is 13.9. The van der Waals surface area contributed by atoms with Crippen LogP contribution in [0.25, 0.3) is 0 Å². The van der Waals surface area contributed by atoms with Crippen molar-refractivity contribution < 1.29 is 9.72 Å². The number of rotatable bonds is 4. The lowest BCUT2D eigenvalue weighted by molar-refractivity contribution is -0.383. The van der Waals surface area contributed by atoms with Gasteiger partial charge in [-0.2, -0.15) is 0 Å². The Morgan fingerprint density at radius 3 is 2.61 bits per heavy atom. The van der Waals surface area contributed by atoms with E-state index in [1.165, 1.54) is 17.0 Å². The van der Waals surface area contributed by atoms with Gasteiger partial charge in [0, 0.05) is 14.1 Å². The zero-order valence-corrected chi connectivity index (χ0v) is 10.5. The summed E-state index contributed by atoms with van der Waals surface area (Å²) in [5.41, 5.74) is 5.65. The molecule has 0 saturated carbocycles. The van der Waals surface area contributed by atoms with Gasteiger partial charge < -0.3 is 16.0 Å². The van der Waals surface area contributed by atoms with Crippen LogP contribution >= 0.6 is 0 Å². The first kappa shape index (κ1) is 13.8. The third-order valence-electron chi connectivity index (χ3n) is 2.43. The van der Waals surface area contributed by atoms with Crippen LogP contribution in [0.3, 0.4) is 0 Å². The lowest BCUT2D eigenvalue weighted by Gasteiger charge is -2.19. The average Bonchev–Trinajstić information content (AvgIpc) is 2.27. The standard InChI is InChI=1S/C11H16N4O3/c1-7(11(16)14(2)3)13-9-6-4-5-8(12)10(9)15(17)18/h4-7,13H,12H2,1-3H3. The number of hydrogen-bond acceptors (Lipinski definition) is 5. The Hall–Kier alpha value is -2.31. The molecule has 0 aliphatic carbocycles. The molecule has 98 valence electrons. The number of amides is 1. The third-order valence-corrected chi connectivity index (χ3v) is 2.43. The van der Waals surface area contributed by atoms with Gasteiger partial charge >= 0.3 is 5.69 Å². The maximum absolute atomic E-state index is 11.7. The number of nitrogen functional groups attached to an aromatic ring is 1. The molecular formula is C11H16N4O3. The summed E-state index contributed by atoms with van der Waals surface area (Å²) in [5.74, 6) is -0.174. The molecule has 7 heteroatoms. The maximum atomic E-state index is 11.7. The van der Waals surface area contributed by atoms with Crippen molar-refractivity contribution in [1.29, 1.82) is 0 Å². The van der Waals surface area contributed by atoms with Crippen LogP contribution in [-0.2, 0) is 4.79 Å². The highest BCUT2D eigenvalue weighted by molar-refractivity contribution is 5.86. The molecule has 7 nitrogen and oxygen atoms in total. The fourth-order valence-corrected chi connectivity index (χ4v) is 1.56. The van der Waals surface area contributed by atoms with Crippen molar-refractivity contribution in [1.82, 2.24) is 4.90 Å². The highest BCUT2D eigenvalue weighted by Gasteiger charge is 2.22. The first-order valence-electron chi connectivity index (χ1n) is 5.35. The first-order chi connectivity index (χ1) is 8.34. The predicted molar refractivity (Wildman–Crippen MR) is 69.3 cm³/mol. The van der Waals surface area contributed by atoms with E-state index in [9.17, 15) is 14.9 Å².